The quantitative estimate of drug-likeness (QED) is 0.197. The molecule has 0 saturated heterocycles. The van der Waals surface area contributed by atoms with E-state index in [1.165, 1.54) is 20.5 Å². The van der Waals surface area contributed by atoms with Gasteiger partial charge in [-0.2, -0.15) is 0 Å². The molecule has 5 heteroatoms. The van der Waals surface area contributed by atoms with Crippen molar-refractivity contribution in [1.82, 2.24) is 15.0 Å². The summed E-state index contributed by atoms with van der Waals surface area (Å²) in [6, 6.07) is 56.1. The maximum Gasteiger partial charge on any atom is 0.0894 e. The molecule has 0 atom stereocenters. The van der Waals surface area contributed by atoms with Gasteiger partial charge < -0.3 is 4.98 Å². The minimum atomic E-state index is 0.864. The summed E-state index contributed by atoms with van der Waals surface area (Å²) in [5, 5.41) is 0. The average molecular weight is 714 g/mol. The first-order chi connectivity index (χ1) is 26.3. The molecule has 2 aliphatic heterocycles. The van der Waals surface area contributed by atoms with Crippen molar-refractivity contribution in [3.05, 3.63) is 181 Å². The lowest BCUT2D eigenvalue weighted by atomic mass is 10.0. The molecule has 2 aliphatic rings. The number of hydrogen-bond donors (Lipinski definition) is 1. The number of benzene rings is 4. The van der Waals surface area contributed by atoms with Gasteiger partial charge in [-0.05, 0) is 83.0 Å². The second kappa shape index (κ2) is 13.3. The molecule has 4 aromatic heterocycles. The second-order valence-corrected chi connectivity index (χ2v) is 15.2. The summed E-state index contributed by atoms with van der Waals surface area (Å²) in [4.78, 5) is 14.4. The van der Waals surface area contributed by atoms with Gasteiger partial charge in [0.05, 0.1) is 22.8 Å². The average Bonchev–Trinajstić information content (AvgIpc) is 4.07. The Kier molecular flexibility index (Phi) is 7.86. The summed E-state index contributed by atoms with van der Waals surface area (Å²) >= 11 is 3.60. The van der Waals surface area contributed by atoms with Crippen LogP contribution in [-0.2, 0) is 0 Å². The molecule has 10 rings (SSSR count). The highest BCUT2D eigenvalue weighted by Crippen LogP contribution is 2.41. The zero-order valence-corrected chi connectivity index (χ0v) is 30.2. The third-order valence-electron chi connectivity index (χ3n) is 9.73. The van der Waals surface area contributed by atoms with Crippen LogP contribution < -0.4 is 0 Å². The van der Waals surface area contributed by atoms with Crippen molar-refractivity contribution in [3.8, 4) is 44.5 Å². The van der Waals surface area contributed by atoms with E-state index in [0.717, 1.165) is 76.6 Å². The van der Waals surface area contributed by atoms with Gasteiger partial charge in [-0.3, -0.25) is 0 Å². The molecule has 0 saturated carbocycles. The number of H-pyrrole nitrogens is 1. The van der Waals surface area contributed by atoms with E-state index in [2.05, 4.69) is 187 Å². The molecule has 0 unspecified atom stereocenters. The van der Waals surface area contributed by atoms with Gasteiger partial charge in [-0.25, -0.2) is 9.97 Å². The molecule has 3 nitrogen and oxygen atoms in total. The van der Waals surface area contributed by atoms with Gasteiger partial charge in [0.2, 0.25) is 0 Å². The molecular formula is C48H31N3S2. The summed E-state index contributed by atoms with van der Waals surface area (Å²) in [5.74, 6) is 0. The van der Waals surface area contributed by atoms with Gasteiger partial charge in [-0.15, -0.1) is 22.7 Å². The van der Waals surface area contributed by atoms with Gasteiger partial charge in [0.15, 0.2) is 0 Å². The fourth-order valence-corrected chi connectivity index (χ4v) is 9.63. The fourth-order valence-electron chi connectivity index (χ4n) is 7.30. The van der Waals surface area contributed by atoms with E-state index in [1.54, 1.807) is 22.7 Å². The molecule has 8 aromatic rings. The highest BCUT2D eigenvalue weighted by Gasteiger charge is 2.17. The number of rotatable bonds is 4. The van der Waals surface area contributed by atoms with Gasteiger partial charge in [0.1, 0.15) is 0 Å². The Bertz CT molecular complexity index is 2720. The molecule has 0 spiro atoms. The van der Waals surface area contributed by atoms with Crippen molar-refractivity contribution in [3.63, 3.8) is 0 Å². The number of thiophene rings is 2. The van der Waals surface area contributed by atoms with Crippen molar-refractivity contribution in [2.24, 2.45) is 0 Å². The lowest BCUT2D eigenvalue weighted by Gasteiger charge is -2.04. The number of aromatic amines is 1. The van der Waals surface area contributed by atoms with Crippen LogP contribution in [0.25, 0.3) is 98.6 Å². The monoisotopic (exact) mass is 713 g/mol. The van der Waals surface area contributed by atoms with Crippen molar-refractivity contribution >= 4 is 76.8 Å². The van der Waals surface area contributed by atoms with Crippen LogP contribution >= 0.6 is 22.7 Å². The van der Waals surface area contributed by atoms with E-state index < -0.39 is 0 Å². The van der Waals surface area contributed by atoms with Gasteiger partial charge in [-0.1, -0.05) is 121 Å². The van der Waals surface area contributed by atoms with E-state index in [0.29, 0.717) is 0 Å². The SMILES string of the molecule is C1=Cc2nc1c1nc(c(-c3ccccc3)c3ccc(s3)c(-c3ccccc3)c3ccc([nH]3)c(-c3ccccc3)c3ccc(s3)c2-c2ccccc2)C=C1. The Labute approximate surface area is 315 Å². The first kappa shape index (κ1) is 31.3. The van der Waals surface area contributed by atoms with Crippen LogP contribution in [0.5, 0.6) is 0 Å². The molecule has 0 radical (unpaired) electrons. The highest BCUT2D eigenvalue weighted by atomic mass is 32.1. The Morgan fingerprint density at radius 3 is 0.962 bits per heavy atom. The molecular weight excluding hydrogens is 683 g/mol. The summed E-state index contributed by atoms with van der Waals surface area (Å²) in [7, 11) is 0. The summed E-state index contributed by atoms with van der Waals surface area (Å²) in [6.45, 7) is 0. The third kappa shape index (κ3) is 5.77. The number of hydrogen-bond acceptors (Lipinski definition) is 4. The standard InChI is InChI=1S/C48H31N3S2/c1-5-13-31(14-6-1)45-37-23-21-35(49-37)36-22-24-38(50-36)46(32-15-7-2-8-16-32)42-28-30-44(53-42)48(34-19-11-4-12-20-34)40-26-25-39(51-40)47(33-17-9-3-10-18-33)43-29-27-41(45)52-43/h1-30,51H. The number of aromatic nitrogens is 3. The first-order valence-electron chi connectivity index (χ1n) is 17.7. The number of nitrogens with zero attached hydrogens (tertiary/aromatic N) is 2. The minimum absolute atomic E-state index is 0.864. The number of fused-ring (bicyclic) bond motifs is 11. The molecule has 10 bridgehead atoms. The highest BCUT2D eigenvalue weighted by molar-refractivity contribution is 7.24. The topological polar surface area (TPSA) is 41.6 Å². The molecule has 53 heavy (non-hydrogen) atoms. The largest absolute Gasteiger partial charge is 0.354 e. The molecule has 0 aliphatic carbocycles. The van der Waals surface area contributed by atoms with Crippen molar-refractivity contribution < 1.29 is 0 Å². The van der Waals surface area contributed by atoms with Gasteiger partial charge in [0, 0.05) is 52.1 Å². The Morgan fingerprint density at radius 1 is 0.302 bits per heavy atom. The lowest BCUT2D eigenvalue weighted by Crippen LogP contribution is -1.86. The Hall–Kier alpha value is -6.40. The van der Waals surface area contributed by atoms with Crippen molar-refractivity contribution in [2.75, 3.05) is 0 Å². The summed E-state index contributed by atoms with van der Waals surface area (Å²) < 4.78 is 4.68. The van der Waals surface area contributed by atoms with Crippen LogP contribution in [0.15, 0.2) is 158 Å². The molecule has 0 fully saturated rings. The number of nitrogens with one attached hydrogen (secondary N) is 1. The zero-order chi connectivity index (χ0) is 35.1. The van der Waals surface area contributed by atoms with Crippen LogP contribution in [-0.4, -0.2) is 15.0 Å². The summed E-state index contributed by atoms with van der Waals surface area (Å²) in [5.41, 5.74) is 14.9. The van der Waals surface area contributed by atoms with E-state index in [-0.39, 0.29) is 0 Å². The lowest BCUT2D eigenvalue weighted by molar-refractivity contribution is 1.24. The smallest absolute Gasteiger partial charge is 0.0894 e. The second-order valence-electron chi connectivity index (χ2n) is 13.0. The van der Waals surface area contributed by atoms with Crippen LogP contribution in [0.1, 0.15) is 22.8 Å². The van der Waals surface area contributed by atoms with Crippen LogP contribution in [0.3, 0.4) is 0 Å². The predicted molar refractivity (Wildman–Crippen MR) is 228 cm³/mol. The van der Waals surface area contributed by atoms with Gasteiger partial charge >= 0.3 is 0 Å². The third-order valence-corrected chi connectivity index (χ3v) is 12.0. The van der Waals surface area contributed by atoms with E-state index in [1.807, 2.05) is 0 Å². The van der Waals surface area contributed by atoms with Crippen molar-refractivity contribution in [1.29, 1.82) is 0 Å². The fraction of sp³-hybridized carbons (Fsp3) is 0. The maximum absolute atomic E-state index is 5.25. The van der Waals surface area contributed by atoms with Crippen molar-refractivity contribution in [2.45, 2.75) is 0 Å². The van der Waals surface area contributed by atoms with E-state index in [9.17, 15) is 0 Å². The van der Waals surface area contributed by atoms with E-state index >= 15 is 0 Å². The normalized spacial score (nSPS) is 12.0. The zero-order valence-electron chi connectivity index (χ0n) is 28.5. The van der Waals surface area contributed by atoms with E-state index in [4.69, 9.17) is 9.97 Å². The molecule has 6 heterocycles. The molecule has 1 N–H and O–H groups in total. The molecule has 250 valence electrons. The Morgan fingerprint density at radius 2 is 0.604 bits per heavy atom. The molecule has 0 amide bonds. The Balaban J connectivity index is 1.39. The van der Waals surface area contributed by atoms with Gasteiger partial charge in [0.25, 0.3) is 0 Å². The van der Waals surface area contributed by atoms with Crippen LogP contribution in [0.2, 0.25) is 0 Å². The van der Waals surface area contributed by atoms with Crippen LogP contribution in [0, 0.1) is 0 Å². The predicted octanol–water partition coefficient (Wildman–Crippen LogP) is 13.8. The maximum atomic E-state index is 5.25. The summed E-state index contributed by atoms with van der Waals surface area (Å²) in [6.07, 6.45) is 8.48. The molecule has 4 aromatic carbocycles. The first-order valence-corrected chi connectivity index (χ1v) is 19.3. The minimum Gasteiger partial charge on any atom is -0.354 e. The van der Waals surface area contributed by atoms with Crippen LogP contribution in [0.4, 0.5) is 0 Å².